The highest BCUT2D eigenvalue weighted by molar-refractivity contribution is 9.10. The number of hydrogen-bond donors (Lipinski definition) is 1. The molecule has 1 atom stereocenters. The standard InChI is InChI=1S/C21H16BrNO3/c22-18-9-7-15(8-10-18)20-12-19(26-23-20)13-25-21(24)17-6-5-14-3-1-2-4-16(14)11-17/h1-12,19,23H,13H2/t19-/m1/s1. The lowest BCUT2D eigenvalue weighted by molar-refractivity contribution is -0.00352. The lowest BCUT2D eigenvalue weighted by Crippen LogP contribution is -2.20. The van der Waals surface area contributed by atoms with Crippen molar-refractivity contribution in [1.29, 1.82) is 0 Å². The number of halogens is 1. The highest BCUT2D eigenvalue weighted by Gasteiger charge is 2.20. The van der Waals surface area contributed by atoms with Crippen molar-refractivity contribution in [2.75, 3.05) is 6.61 Å². The van der Waals surface area contributed by atoms with E-state index in [2.05, 4.69) is 21.4 Å². The molecule has 4 rings (SSSR count). The second kappa shape index (κ2) is 7.32. The van der Waals surface area contributed by atoms with Crippen LogP contribution < -0.4 is 5.48 Å². The molecule has 0 saturated carbocycles. The van der Waals surface area contributed by atoms with E-state index in [1.165, 1.54) is 0 Å². The average Bonchev–Trinajstić information content (AvgIpc) is 3.15. The number of rotatable bonds is 4. The zero-order valence-corrected chi connectivity index (χ0v) is 15.4. The van der Waals surface area contributed by atoms with Crippen LogP contribution in [-0.4, -0.2) is 18.7 Å². The van der Waals surface area contributed by atoms with E-state index in [0.29, 0.717) is 5.56 Å². The Morgan fingerprint density at radius 2 is 1.81 bits per heavy atom. The van der Waals surface area contributed by atoms with Gasteiger partial charge in [-0.25, -0.2) is 4.79 Å². The Labute approximate surface area is 159 Å². The SMILES string of the molecule is O=C(OC[C@H]1C=C(c2ccc(Br)cc2)NO1)c1ccc2ccccc2c1. The number of ether oxygens (including phenoxy) is 1. The summed E-state index contributed by atoms with van der Waals surface area (Å²) < 4.78 is 6.42. The molecule has 1 N–H and O–H groups in total. The summed E-state index contributed by atoms with van der Waals surface area (Å²) >= 11 is 3.42. The normalized spacial score (nSPS) is 16.2. The summed E-state index contributed by atoms with van der Waals surface area (Å²) in [6.45, 7) is 0.151. The van der Waals surface area contributed by atoms with Gasteiger partial charge in [0.1, 0.15) is 12.7 Å². The van der Waals surface area contributed by atoms with Crippen LogP contribution in [0.15, 0.2) is 77.3 Å². The molecule has 4 nitrogen and oxygen atoms in total. The molecular weight excluding hydrogens is 394 g/mol. The molecule has 0 radical (unpaired) electrons. The largest absolute Gasteiger partial charge is 0.459 e. The van der Waals surface area contributed by atoms with Crippen molar-refractivity contribution in [1.82, 2.24) is 5.48 Å². The second-order valence-corrected chi connectivity index (χ2v) is 6.92. The Kier molecular flexibility index (Phi) is 4.73. The average molecular weight is 410 g/mol. The predicted molar refractivity (Wildman–Crippen MR) is 104 cm³/mol. The third-order valence-corrected chi connectivity index (χ3v) is 4.72. The molecule has 0 fully saturated rings. The van der Waals surface area contributed by atoms with E-state index in [9.17, 15) is 4.79 Å². The molecule has 5 heteroatoms. The summed E-state index contributed by atoms with van der Waals surface area (Å²) in [7, 11) is 0. The Bertz CT molecular complexity index is 982. The second-order valence-electron chi connectivity index (χ2n) is 6.01. The summed E-state index contributed by atoms with van der Waals surface area (Å²) in [5.74, 6) is -0.357. The first-order valence-corrected chi connectivity index (χ1v) is 9.04. The monoisotopic (exact) mass is 409 g/mol. The van der Waals surface area contributed by atoms with Crippen molar-refractivity contribution in [3.05, 3.63) is 88.4 Å². The third kappa shape index (κ3) is 3.64. The van der Waals surface area contributed by atoms with Gasteiger partial charge in [-0.15, -0.1) is 0 Å². The summed E-state index contributed by atoms with van der Waals surface area (Å²) in [5.41, 5.74) is 5.29. The Morgan fingerprint density at radius 1 is 1.04 bits per heavy atom. The molecule has 0 aromatic heterocycles. The number of benzene rings is 3. The fraction of sp³-hybridized carbons (Fsp3) is 0.0952. The van der Waals surface area contributed by atoms with Gasteiger partial charge in [-0.3, -0.25) is 10.3 Å². The number of esters is 1. The molecule has 1 heterocycles. The topological polar surface area (TPSA) is 47.6 Å². The van der Waals surface area contributed by atoms with Crippen molar-refractivity contribution in [3.8, 4) is 0 Å². The van der Waals surface area contributed by atoms with Crippen LogP contribution in [0.3, 0.4) is 0 Å². The molecule has 3 aromatic rings. The van der Waals surface area contributed by atoms with E-state index >= 15 is 0 Å². The van der Waals surface area contributed by atoms with Gasteiger partial charge in [-0.2, -0.15) is 0 Å². The number of carbonyl (C=O) groups is 1. The summed E-state index contributed by atoms with van der Waals surface area (Å²) in [6, 6.07) is 21.3. The zero-order chi connectivity index (χ0) is 17.9. The van der Waals surface area contributed by atoms with E-state index < -0.39 is 0 Å². The van der Waals surface area contributed by atoms with Gasteiger partial charge in [0.25, 0.3) is 0 Å². The van der Waals surface area contributed by atoms with Crippen LogP contribution in [0.1, 0.15) is 15.9 Å². The Hall–Kier alpha value is -2.63. The maximum atomic E-state index is 12.3. The first-order valence-electron chi connectivity index (χ1n) is 8.24. The van der Waals surface area contributed by atoms with Crippen LogP contribution >= 0.6 is 15.9 Å². The fourth-order valence-corrected chi connectivity index (χ4v) is 3.08. The maximum absolute atomic E-state index is 12.3. The van der Waals surface area contributed by atoms with Gasteiger partial charge in [0.15, 0.2) is 0 Å². The van der Waals surface area contributed by atoms with Crippen LogP contribution in [0.5, 0.6) is 0 Å². The number of nitrogens with one attached hydrogen (secondary N) is 1. The molecular formula is C21H16BrNO3. The molecule has 0 spiro atoms. The summed E-state index contributed by atoms with van der Waals surface area (Å²) in [5, 5.41) is 2.10. The van der Waals surface area contributed by atoms with Crippen molar-refractivity contribution in [3.63, 3.8) is 0 Å². The number of hydroxylamine groups is 1. The van der Waals surface area contributed by atoms with E-state index in [0.717, 1.165) is 26.5 Å². The molecule has 0 unspecified atom stereocenters. The minimum absolute atomic E-state index is 0.151. The first kappa shape index (κ1) is 16.8. The van der Waals surface area contributed by atoms with Crippen molar-refractivity contribution in [2.24, 2.45) is 0 Å². The summed E-state index contributed by atoms with van der Waals surface area (Å²) in [6.07, 6.45) is 1.59. The molecule has 1 aliphatic heterocycles. The fourth-order valence-electron chi connectivity index (χ4n) is 2.82. The molecule has 130 valence electrons. The zero-order valence-electron chi connectivity index (χ0n) is 13.8. The van der Waals surface area contributed by atoms with Crippen molar-refractivity contribution >= 4 is 38.4 Å². The van der Waals surface area contributed by atoms with Crippen LogP contribution in [0.25, 0.3) is 16.5 Å². The highest BCUT2D eigenvalue weighted by Crippen LogP contribution is 2.21. The lowest BCUT2D eigenvalue weighted by atomic mass is 10.1. The minimum atomic E-state index is -0.357. The van der Waals surface area contributed by atoms with Gasteiger partial charge < -0.3 is 4.74 Å². The lowest BCUT2D eigenvalue weighted by Gasteiger charge is -2.09. The minimum Gasteiger partial charge on any atom is -0.459 e. The molecule has 1 aliphatic rings. The van der Waals surface area contributed by atoms with Gasteiger partial charge in [0, 0.05) is 4.47 Å². The molecule has 26 heavy (non-hydrogen) atoms. The highest BCUT2D eigenvalue weighted by atomic mass is 79.9. The third-order valence-electron chi connectivity index (χ3n) is 4.19. The quantitative estimate of drug-likeness (QED) is 0.634. The molecule has 3 aromatic carbocycles. The van der Waals surface area contributed by atoms with E-state index in [1.54, 1.807) is 6.07 Å². The van der Waals surface area contributed by atoms with Crippen molar-refractivity contribution < 1.29 is 14.4 Å². The molecule has 0 saturated heterocycles. The molecule has 0 bridgehead atoms. The Morgan fingerprint density at radius 3 is 2.62 bits per heavy atom. The molecule has 0 amide bonds. The predicted octanol–water partition coefficient (Wildman–Crippen LogP) is 4.70. The van der Waals surface area contributed by atoms with Gasteiger partial charge in [0.2, 0.25) is 0 Å². The Balaban J connectivity index is 1.40. The van der Waals surface area contributed by atoms with Crippen molar-refractivity contribution in [2.45, 2.75) is 6.10 Å². The van der Waals surface area contributed by atoms with Crippen LogP contribution in [0, 0.1) is 0 Å². The van der Waals surface area contributed by atoms with E-state index in [-0.39, 0.29) is 18.7 Å². The van der Waals surface area contributed by atoms with Crippen LogP contribution in [0.4, 0.5) is 0 Å². The van der Waals surface area contributed by atoms with Crippen LogP contribution in [0.2, 0.25) is 0 Å². The van der Waals surface area contributed by atoms with Gasteiger partial charge >= 0.3 is 5.97 Å². The number of hydrogen-bond acceptors (Lipinski definition) is 4. The number of carbonyl (C=O) groups excluding carboxylic acids is 1. The van der Waals surface area contributed by atoms with Gasteiger partial charge in [-0.1, -0.05) is 58.4 Å². The summed E-state index contributed by atoms with van der Waals surface area (Å²) in [4.78, 5) is 17.8. The maximum Gasteiger partial charge on any atom is 0.338 e. The van der Waals surface area contributed by atoms with E-state index in [4.69, 9.17) is 9.57 Å². The first-order chi connectivity index (χ1) is 12.7. The number of fused-ring (bicyclic) bond motifs is 1. The smallest absolute Gasteiger partial charge is 0.338 e. The van der Waals surface area contributed by atoms with Crippen LogP contribution in [-0.2, 0) is 9.57 Å². The van der Waals surface area contributed by atoms with E-state index in [1.807, 2.05) is 66.7 Å². The van der Waals surface area contributed by atoms with Gasteiger partial charge in [-0.05, 0) is 46.7 Å². The van der Waals surface area contributed by atoms with Gasteiger partial charge in [0.05, 0.1) is 11.3 Å². The molecule has 0 aliphatic carbocycles.